The van der Waals surface area contributed by atoms with Gasteiger partial charge >= 0.3 is 0 Å². The SMILES string of the molecule is Cl.NNC(=O)c1cc2ccccc2cc1O. The van der Waals surface area contributed by atoms with E-state index in [1.54, 1.807) is 12.1 Å². The van der Waals surface area contributed by atoms with Gasteiger partial charge in [0.05, 0.1) is 5.56 Å². The molecular weight excluding hydrogens is 228 g/mol. The van der Waals surface area contributed by atoms with Crippen molar-refractivity contribution in [3.05, 3.63) is 42.0 Å². The summed E-state index contributed by atoms with van der Waals surface area (Å²) in [7, 11) is 0. The summed E-state index contributed by atoms with van der Waals surface area (Å²) >= 11 is 0. The highest BCUT2D eigenvalue weighted by Gasteiger charge is 2.10. The zero-order valence-corrected chi connectivity index (χ0v) is 9.12. The molecule has 5 heteroatoms. The fraction of sp³-hybridized carbons (Fsp3) is 0. The second kappa shape index (κ2) is 4.83. The highest BCUT2D eigenvalue weighted by molar-refractivity contribution is 6.01. The summed E-state index contributed by atoms with van der Waals surface area (Å²) in [4.78, 5) is 11.3. The number of nitrogen functional groups attached to an aromatic ring is 1. The minimum absolute atomic E-state index is 0. The van der Waals surface area contributed by atoms with Gasteiger partial charge in [-0.3, -0.25) is 10.2 Å². The highest BCUT2D eigenvalue weighted by Crippen LogP contribution is 2.24. The van der Waals surface area contributed by atoms with Crippen LogP contribution in [0.15, 0.2) is 36.4 Å². The zero-order chi connectivity index (χ0) is 10.8. The van der Waals surface area contributed by atoms with E-state index in [2.05, 4.69) is 0 Å². The van der Waals surface area contributed by atoms with Crippen LogP contribution < -0.4 is 11.3 Å². The maximum Gasteiger partial charge on any atom is 0.268 e. The molecule has 0 bridgehead atoms. The van der Waals surface area contributed by atoms with Crippen molar-refractivity contribution >= 4 is 29.1 Å². The minimum Gasteiger partial charge on any atom is -0.507 e. The van der Waals surface area contributed by atoms with Crippen molar-refractivity contribution in [1.29, 1.82) is 0 Å². The molecule has 84 valence electrons. The quantitative estimate of drug-likeness (QED) is 0.401. The van der Waals surface area contributed by atoms with E-state index in [1.807, 2.05) is 29.7 Å². The van der Waals surface area contributed by atoms with Gasteiger partial charge in [0.15, 0.2) is 0 Å². The minimum atomic E-state index is -0.502. The number of phenolic OH excluding ortho intramolecular Hbond substituents is 1. The van der Waals surface area contributed by atoms with Crippen LogP contribution >= 0.6 is 12.4 Å². The molecule has 0 saturated carbocycles. The lowest BCUT2D eigenvalue weighted by Crippen LogP contribution is -2.29. The Balaban J connectivity index is 0.00000128. The van der Waals surface area contributed by atoms with E-state index < -0.39 is 5.91 Å². The van der Waals surface area contributed by atoms with Gasteiger partial charge in [-0.15, -0.1) is 12.4 Å². The van der Waals surface area contributed by atoms with E-state index in [0.717, 1.165) is 10.8 Å². The van der Waals surface area contributed by atoms with Crippen molar-refractivity contribution in [3.8, 4) is 5.75 Å². The molecule has 4 nitrogen and oxygen atoms in total. The molecule has 0 spiro atoms. The maximum atomic E-state index is 11.3. The molecule has 4 N–H and O–H groups in total. The van der Waals surface area contributed by atoms with Gasteiger partial charge in [-0.1, -0.05) is 24.3 Å². The molecule has 0 atom stereocenters. The van der Waals surface area contributed by atoms with E-state index in [0.29, 0.717) is 0 Å². The Morgan fingerprint density at radius 1 is 1.19 bits per heavy atom. The van der Waals surface area contributed by atoms with Crippen LogP contribution in [-0.4, -0.2) is 11.0 Å². The lowest BCUT2D eigenvalue weighted by atomic mass is 10.1. The molecule has 0 aliphatic rings. The second-order valence-corrected chi connectivity index (χ2v) is 3.19. The molecule has 0 unspecified atom stereocenters. The Kier molecular flexibility index (Phi) is 3.71. The van der Waals surface area contributed by atoms with Gasteiger partial charge in [0.1, 0.15) is 5.75 Å². The maximum absolute atomic E-state index is 11.3. The fourth-order valence-corrected chi connectivity index (χ4v) is 1.49. The van der Waals surface area contributed by atoms with Crippen LogP contribution in [0.2, 0.25) is 0 Å². The van der Waals surface area contributed by atoms with E-state index in [1.165, 1.54) is 0 Å². The molecular formula is C11H11ClN2O2. The van der Waals surface area contributed by atoms with Gasteiger partial charge in [0.25, 0.3) is 5.91 Å². The number of rotatable bonds is 1. The molecule has 0 heterocycles. The van der Waals surface area contributed by atoms with Gasteiger partial charge in [-0.05, 0) is 22.9 Å². The third-order valence-corrected chi connectivity index (χ3v) is 2.24. The number of hydrogen-bond acceptors (Lipinski definition) is 3. The molecule has 0 aliphatic carbocycles. The molecule has 16 heavy (non-hydrogen) atoms. The van der Waals surface area contributed by atoms with E-state index in [-0.39, 0.29) is 23.7 Å². The first-order chi connectivity index (χ1) is 7.22. The highest BCUT2D eigenvalue weighted by atomic mass is 35.5. The third-order valence-electron chi connectivity index (χ3n) is 2.24. The van der Waals surface area contributed by atoms with Crippen LogP contribution in [0.5, 0.6) is 5.75 Å². The number of carbonyl (C=O) groups is 1. The number of carbonyl (C=O) groups excluding carboxylic acids is 1. The number of halogens is 1. The number of phenols is 1. The largest absolute Gasteiger partial charge is 0.507 e. The number of amides is 1. The summed E-state index contributed by atoms with van der Waals surface area (Å²) in [6.45, 7) is 0. The topological polar surface area (TPSA) is 75.3 Å². The lowest BCUT2D eigenvalue weighted by Gasteiger charge is -2.05. The number of fused-ring (bicyclic) bond motifs is 1. The van der Waals surface area contributed by atoms with Crippen LogP contribution in [0.4, 0.5) is 0 Å². The fourth-order valence-electron chi connectivity index (χ4n) is 1.49. The molecule has 0 radical (unpaired) electrons. The summed E-state index contributed by atoms with van der Waals surface area (Å²) in [6, 6.07) is 10.6. The van der Waals surface area contributed by atoms with Crippen molar-refractivity contribution < 1.29 is 9.90 Å². The molecule has 2 rings (SSSR count). The van der Waals surface area contributed by atoms with Crippen LogP contribution in [0.3, 0.4) is 0 Å². The predicted octanol–water partition coefficient (Wildman–Crippen LogP) is 1.57. The number of aromatic hydroxyl groups is 1. The molecule has 0 aromatic heterocycles. The first kappa shape index (κ1) is 12.3. The monoisotopic (exact) mass is 238 g/mol. The summed E-state index contributed by atoms with van der Waals surface area (Å²) in [5, 5.41) is 11.4. The number of benzene rings is 2. The third kappa shape index (κ3) is 2.08. The molecule has 0 aliphatic heterocycles. The van der Waals surface area contributed by atoms with Crippen LogP contribution in [0.1, 0.15) is 10.4 Å². The number of nitrogens with one attached hydrogen (secondary N) is 1. The first-order valence-electron chi connectivity index (χ1n) is 4.45. The van der Waals surface area contributed by atoms with Crippen molar-refractivity contribution in [1.82, 2.24) is 5.43 Å². The van der Waals surface area contributed by atoms with E-state index >= 15 is 0 Å². The molecule has 2 aromatic rings. The molecule has 0 saturated heterocycles. The Morgan fingerprint density at radius 3 is 2.31 bits per heavy atom. The van der Waals surface area contributed by atoms with Gasteiger partial charge in [0.2, 0.25) is 0 Å². The average Bonchev–Trinajstić information content (AvgIpc) is 2.27. The second-order valence-electron chi connectivity index (χ2n) is 3.19. The van der Waals surface area contributed by atoms with Crippen molar-refractivity contribution in [2.45, 2.75) is 0 Å². The Bertz CT molecular complexity index is 528. The zero-order valence-electron chi connectivity index (χ0n) is 8.31. The normalized spacial score (nSPS) is 9.56. The van der Waals surface area contributed by atoms with Crippen LogP contribution in [0, 0.1) is 0 Å². The Labute approximate surface area is 98.4 Å². The van der Waals surface area contributed by atoms with Gasteiger partial charge in [0, 0.05) is 0 Å². The van der Waals surface area contributed by atoms with Crippen molar-refractivity contribution in [2.75, 3.05) is 0 Å². The van der Waals surface area contributed by atoms with Gasteiger partial charge in [-0.25, -0.2) is 5.84 Å². The number of nitrogens with two attached hydrogens (primary N) is 1. The lowest BCUT2D eigenvalue weighted by molar-refractivity contribution is 0.0951. The summed E-state index contributed by atoms with van der Waals surface area (Å²) in [5.41, 5.74) is 2.16. The summed E-state index contributed by atoms with van der Waals surface area (Å²) in [6.07, 6.45) is 0. The first-order valence-corrected chi connectivity index (χ1v) is 4.45. The standard InChI is InChI=1S/C11H10N2O2.ClH/c12-13-11(15)9-5-7-3-1-2-4-8(7)6-10(9)14;/h1-6,14H,12H2,(H,13,15);1H. The molecule has 2 aromatic carbocycles. The van der Waals surface area contributed by atoms with E-state index in [9.17, 15) is 9.90 Å². The van der Waals surface area contributed by atoms with Crippen molar-refractivity contribution in [2.24, 2.45) is 5.84 Å². The van der Waals surface area contributed by atoms with Crippen LogP contribution in [0.25, 0.3) is 10.8 Å². The molecule has 1 amide bonds. The Morgan fingerprint density at radius 2 is 1.75 bits per heavy atom. The number of hydrazine groups is 1. The van der Waals surface area contributed by atoms with Crippen LogP contribution in [-0.2, 0) is 0 Å². The number of hydrogen-bond donors (Lipinski definition) is 3. The average molecular weight is 239 g/mol. The summed E-state index contributed by atoms with van der Waals surface area (Å²) in [5.74, 6) is 4.43. The van der Waals surface area contributed by atoms with Crippen molar-refractivity contribution in [3.63, 3.8) is 0 Å². The van der Waals surface area contributed by atoms with E-state index in [4.69, 9.17) is 5.84 Å². The molecule has 0 fully saturated rings. The van der Waals surface area contributed by atoms with Gasteiger partial charge in [-0.2, -0.15) is 0 Å². The summed E-state index contributed by atoms with van der Waals surface area (Å²) < 4.78 is 0. The predicted molar refractivity (Wildman–Crippen MR) is 64.5 cm³/mol. The van der Waals surface area contributed by atoms with Gasteiger partial charge < -0.3 is 5.11 Å². The Hall–Kier alpha value is -1.78. The smallest absolute Gasteiger partial charge is 0.268 e.